The van der Waals surface area contributed by atoms with Gasteiger partial charge in [0, 0.05) is 18.7 Å². The first-order valence-corrected chi connectivity index (χ1v) is 10.3. The third kappa shape index (κ3) is 8.28. The van der Waals surface area contributed by atoms with Crippen LogP contribution >= 0.6 is 0 Å². The molecule has 0 radical (unpaired) electrons. The Balaban J connectivity index is 2.24. The number of carbonyl (C=O) groups excluding carboxylic acids is 2. The molecule has 2 rings (SSSR count). The zero-order valence-electron chi connectivity index (χ0n) is 18.1. The number of aliphatic imine (C=N–C) groups is 1. The second-order valence-electron chi connectivity index (χ2n) is 8.01. The molecule has 1 aliphatic heterocycles. The van der Waals surface area contributed by atoms with Gasteiger partial charge in [0.1, 0.15) is 11.4 Å². The van der Waals surface area contributed by atoms with Gasteiger partial charge in [-0.05, 0) is 52.6 Å². The predicted octanol–water partition coefficient (Wildman–Crippen LogP) is 2.60. The first-order chi connectivity index (χ1) is 14.3. The number of carbonyl (C=O) groups is 2. The summed E-state index contributed by atoms with van der Waals surface area (Å²) >= 11 is 0. The molecule has 1 heterocycles. The summed E-state index contributed by atoms with van der Waals surface area (Å²) in [5, 5.41) is 5.25. The molecule has 3 amide bonds. The van der Waals surface area contributed by atoms with Crippen molar-refractivity contribution in [2.24, 2.45) is 10.7 Å². The number of benzene rings is 1. The van der Waals surface area contributed by atoms with Crippen molar-refractivity contribution in [3.05, 3.63) is 29.8 Å². The first kappa shape index (κ1) is 23.5. The van der Waals surface area contributed by atoms with E-state index < -0.39 is 11.7 Å². The Morgan fingerprint density at radius 2 is 2.10 bits per heavy atom. The number of ether oxygens (including phenoxy) is 2. The molecule has 1 aliphatic rings. The minimum absolute atomic E-state index is 0.0287. The van der Waals surface area contributed by atoms with Gasteiger partial charge in [-0.3, -0.25) is 10.6 Å². The quantitative estimate of drug-likeness (QED) is 0.696. The van der Waals surface area contributed by atoms with Crippen LogP contribution in [0.1, 0.15) is 45.6 Å². The van der Waals surface area contributed by atoms with E-state index in [1.807, 2.05) is 24.3 Å². The lowest BCUT2D eigenvalue weighted by molar-refractivity contribution is 0.0561. The maximum absolute atomic E-state index is 12.8. The summed E-state index contributed by atoms with van der Waals surface area (Å²) in [6.45, 7) is 7.62. The van der Waals surface area contributed by atoms with Crippen LogP contribution in [0.25, 0.3) is 0 Å². The zero-order valence-corrected chi connectivity index (χ0v) is 18.1. The molecule has 0 unspecified atom stereocenters. The number of guanidine groups is 1. The number of alkyl carbamates (subject to hydrolysis) is 1. The lowest BCUT2D eigenvalue weighted by Gasteiger charge is -2.24. The smallest absolute Gasteiger partial charge is 0.414 e. The predicted molar refractivity (Wildman–Crippen MR) is 115 cm³/mol. The van der Waals surface area contributed by atoms with Crippen LogP contribution in [0.5, 0.6) is 5.75 Å². The molecule has 0 saturated carbocycles. The number of fused-ring (bicyclic) bond motifs is 1. The van der Waals surface area contributed by atoms with Gasteiger partial charge in [0.05, 0.1) is 13.2 Å². The lowest BCUT2D eigenvalue weighted by atomic mass is 10.2. The Morgan fingerprint density at radius 3 is 2.83 bits per heavy atom. The van der Waals surface area contributed by atoms with Crippen molar-refractivity contribution in [3.8, 4) is 5.75 Å². The molecule has 30 heavy (non-hydrogen) atoms. The van der Waals surface area contributed by atoms with Crippen molar-refractivity contribution in [2.45, 2.75) is 52.2 Å². The number of nitrogens with two attached hydrogens (primary N) is 1. The molecular weight excluding hydrogens is 386 g/mol. The summed E-state index contributed by atoms with van der Waals surface area (Å²) in [6, 6.07) is 7.24. The molecule has 0 fully saturated rings. The Bertz CT molecular complexity index is 745. The molecule has 0 aliphatic carbocycles. The molecule has 166 valence electrons. The Morgan fingerprint density at radius 1 is 1.33 bits per heavy atom. The van der Waals surface area contributed by atoms with Gasteiger partial charge in [0.2, 0.25) is 5.96 Å². The minimum Gasteiger partial charge on any atom is -0.493 e. The maximum Gasteiger partial charge on any atom is 0.414 e. The molecule has 0 atom stereocenters. The molecule has 4 N–H and O–H groups in total. The van der Waals surface area contributed by atoms with Crippen LogP contribution in [0, 0.1) is 0 Å². The van der Waals surface area contributed by atoms with Crippen LogP contribution < -0.4 is 21.1 Å². The Hall–Kier alpha value is -2.81. The third-order valence-corrected chi connectivity index (χ3v) is 4.22. The van der Waals surface area contributed by atoms with Gasteiger partial charge in [0.15, 0.2) is 0 Å². The molecular formula is C21H33N5O4. The fraction of sp³-hybridized carbons (Fsp3) is 0.571. The Kier molecular flexibility index (Phi) is 8.91. The molecule has 0 saturated heterocycles. The third-order valence-electron chi connectivity index (χ3n) is 4.22. The summed E-state index contributed by atoms with van der Waals surface area (Å²) in [5.74, 6) is 0.768. The summed E-state index contributed by atoms with van der Waals surface area (Å²) in [5.41, 5.74) is 5.79. The van der Waals surface area contributed by atoms with E-state index in [-0.39, 0.29) is 18.5 Å². The van der Waals surface area contributed by atoms with Crippen molar-refractivity contribution in [2.75, 3.05) is 26.2 Å². The van der Waals surface area contributed by atoms with Gasteiger partial charge in [-0.25, -0.2) is 14.6 Å². The zero-order chi connectivity index (χ0) is 22.0. The van der Waals surface area contributed by atoms with Crippen molar-refractivity contribution in [1.82, 2.24) is 15.5 Å². The monoisotopic (exact) mass is 419 g/mol. The van der Waals surface area contributed by atoms with Gasteiger partial charge in [-0.2, -0.15) is 0 Å². The minimum atomic E-state index is -0.691. The number of urea groups is 1. The van der Waals surface area contributed by atoms with E-state index in [1.165, 1.54) is 0 Å². The van der Waals surface area contributed by atoms with Crippen molar-refractivity contribution in [1.29, 1.82) is 0 Å². The topological polar surface area (TPSA) is 118 Å². The Labute approximate surface area is 178 Å². The van der Waals surface area contributed by atoms with Gasteiger partial charge in [-0.1, -0.05) is 18.2 Å². The van der Waals surface area contributed by atoms with Crippen LogP contribution in [-0.2, 0) is 11.3 Å². The van der Waals surface area contributed by atoms with E-state index in [0.29, 0.717) is 32.7 Å². The normalized spacial score (nSPS) is 15.9. The van der Waals surface area contributed by atoms with E-state index in [0.717, 1.165) is 24.2 Å². The molecule has 9 nitrogen and oxygen atoms in total. The highest BCUT2D eigenvalue weighted by Crippen LogP contribution is 2.19. The second kappa shape index (κ2) is 11.4. The standard InChI is InChI=1S/C21H33N5O4/c1-21(2,3)30-20(28)25-18-23-15-16-9-4-5-10-17(16)29-14-7-6-12-26(13-8-11-22)19(27)24-18/h4-5,9-10H,6-8,11-15,22H2,1-3H3,(H2,23,24,25,27,28). The number of hydrogen-bond donors (Lipinski definition) is 3. The summed E-state index contributed by atoms with van der Waals surface area (Å²) in [4.78, 5) is 31.1. The molecule has 0 spiro atoms. The summed E-state index contributed by atoms with van der Waals surface area (Å²) < 4.78 is 11.2. The first-order valence-electron chi connectivity index (χ1n) is 10.3. The molecule has 0 aromatic heterocycles. The van der Waals surface area contributed by atoms with Gasteiger partial charge in [0.25, 0.3) is 0 Å². The van der Waals surface area contributed by atoms with Gasteiger partial charge < -0.3 is 20.1 Å². The van der Waals surface area contributed by atoms with E-state index in [9.17, 15) is 9.59 Å². The second-order valence-corrected chi connectivity index (χ2v) is 8.01. The highest BCUT2D eigenvalue weighted by Gasteiger charge is 2.20. The number of para-hydroxylation sites is 1. The van der Waals surface area contributed by atoms with Crippen molar-refractivity contribution < 1.29 is 19.1 Å². The number of nitrogens with one attached hydrogen (secondary N) is 2. The highest BCUT2D eigenvalue weighted by atomic mass is 16.6. The molecule has 1 aromatic rings. The SMILES string of the molecule is CC(C)(C)OC(=O)NC1=NCc2ccccc2OCCCCN(CCCN)C(=O)N1. The van der Waals surface area contributed by atoms with Gasteiger partial charge in [-0.15, -0.1) is 0 Å². The number of amides is 3. The van der Waals surface area contributed by atoms with Crippen LogP contribution in [0.15, 0.2) is 29.3 Å². The largest absolute Gasteiger partial charge is 0.493 e. The highest BCUT2D eigenvalue weighted by molar-refractivity contribution is 6.02. The molecule has 1 aromatic carbocycles. The van der Waals surface area contributed by atoms with Crippen molar-refractivity contribution >= 4 is 18.1 Å². The number of nitrogens with zero attached hydrogens (tertiary/aromatic N) is 2. The number of hydrogen-bond acceptors (Lipinski definition) is 6. The molecule has 0 bridgehead atoms. The van der Waals surface area contributed by atoms with E-state index in [1.54, 1.807) is 25.7 Å². The lowest BCUT2D eigenvalue weighted by Crippen LogP contribution is -2.50. The van der Waals surface area contributed by atoms with E-state index in [4.69, 9.17) is 15.2 Å². The fourth-order valence-electron chi connectivity index (χ4n) is 2.81. The average molecular weight is 420 g/mol. The summed E-state index contributed by atoms with van der Waals surface area (Å²) in [6.07, 6.45) is 1.59. The van der Waals surface area contributed by atoms with Crippen molar-refractivity contribution in [3.63, 3.8) is 0 Å². The van der Waals surface area contributed by atoms with Gasteiger partial charge >= 0.3 is 12.1 Å². The fourth-order valence-corrected chi connectivity index (χ4v) is 2.81. The maximum atomic E-state index is 12.8. The van der Waals surface area contributed by atoms with Crippen LogP contribution in [0.4, 0.5) is 9.59 Å². The number of rotatable bonds is 3. The van der Waals surface area contributed by atoms with Crippen LogP contribution in [-0.4, -0.2) is 54.8 Å². The average Bonchev–Trinajstić information content (AvgIpc) is 2.67. The van der Waals surface area contributed by atoms with E-state index in [2.05, 4.69) is 15.6 Å². The summed E-state index contributed by atoms with van der Waals surface area (Å²) in [7, 11) is 0. The molecule has 9 heteroatoms. The van der Waals surface area contributed by atoms with E-state index >= 15 is 0 Å². The van der Waals surface area contributed by atoms with Crippen LogP contribution in [0.3, 0.4) is 0 Å². The van der Waals surface area contributed by atoms with Crippen LogP contribution in [0.2, 0.25) is 0 Å².